The van der Waals surface area contributed by atoms with Crippen LogP contribution in [0.25, 0.3) is 0 Å². The zero-order chi connectivity index (χ0) is 14.7. The fourth-order valence-corrected chi connectivity index (χ4v) is 2.26. The molecule has 1 amide bonds. The van der Waals surface area contributed by atoms with Gasteiger partial charge in [0.1, 0.15) is 11.5 Å². The molecule has 0 aliphatic carbocycles. The highest BCUT2D eigenvalue weighted by atomic mass is 35.5. The lowest BCUT2D eigenvalue weighted by Crippen LogP contribution is -2.27. The first-order valence-electron chi connectivity index (χ1n) is 5.85. The van der Waals surface area contributed by atoms with Crippen LogP contribution in [0.1, 0.15) is 29.0 Å². The Labute approximate surface area is 125 Å². The Kier molecular flexibility index (Phi) is 4.57. The number of carbonyl (C=O) groups excluding carboxylic acids is 1. The number of benzene rings is 1. The summed E-state index contributed by atoms with van der Waals surface area (Å²) in [4.78, 5) is 15.9. The van der Waals surface area contributed by atoms with Crippen molar-refractivity contribution in [3.8, 4) is 0 Å². The van der Waals surface area contributed by atoms with Crippen LogP contribution >= 0.6 is 23.2 Å². The number of nitrogens with one attached hydrogen (secondary N) is 1. The van der Waals surface area contributed by atoms with E-state index in [1.165, 1.54) is 18.3 Å². The van der Waals surface area contributed by atoms with Gasteiger partial charge in [0.15, 0.2) is 0 Å². The van der Waals surface area contributed by atoms with E-state index in [0.717, 1.165) is 0 Å². The van der Waals surface area contributed by atoms with Crippen molar-refractivity contribution in [2.24, 2.45) is 0 Å². The molecule has 1 atom stereocenters. The Hall–Kier alpha value is -1.65. The third-order valence-corrected chi connectivity index (χ3v) is 3.37. The molecule has 3 nitrogen and oxygen atoms in total. The topological polar surface area (TPSA) is 42.0 Å². The second-order valence-electron chi connectivity index (χ2n) is 4.20. The van der Waals surface area contributed by atoms with Crippen molar-refractivity contribution in [3.05, 3.63) is 63.6 Å². The third kappa shape index (κ3) is 3.26. The molecule has 0 unspecified atom stereocenters. The van der Waals surface area contributed by atoms with E-state index in [1.54, 1.807) is 25.1 Å². The van der Waals surface area contributed by atoms with Crippen molar-refractivity contribution in [3.63, 3.8) is 0 Å². The Bertz CT molecular complexity index is 635. The largest absolute Gasteiger partial charge is 0.344 e. The highest BCUT2D eigenvalue weighted by Gasteiger charge is 2.16. The van der Waals surface area contributed by atoms with Gasteiger partial charge in [0.25, 0.3) is 5.91 Å². The molecule has 0 radical (unpaired) electrons. The van der Waals surface area contributed by atoms with E-state index in [0.29, 0.717) is 10.6 Å². The van der Waals surface area contributed by atoms with E-state index >= 15 is 0 Å². The molecule has 6 heteroatoms. The van der Waals surface area contributed by atoms with Gasteiger partial charge in [-0.05, 0) is 36.8 Å². The predicted molar refractivity (Wildman–Crippen MR) is 76.5 cm³/mol. The summed E-state index contributed by atoms with van der Waals surface area (Å²) in [5.74, 6) is -0.936. The molecule has 0 saturated heterocycles. The van der Waals surface area contributed by atoms with Crippen molar-refractivity contribution < 1.29 is 9.18 Å². The summed E-state index contributed by atoms with van der Waals surface area (Å²) < 4.78 is 13.5. The summed E-state index contributed by atoms with van der Waals surface area (Å²) in [6.45, 7) is 1.70. The molecule has 0 aliphatic rings. The standard InChI is InChI=1S/C14H11Cl2FN2O/c1-8(9-6-12(17)11(16)7-10(9)15)19-14(20)13-4-2-3-5-18-13/h2-8H,1H3,(H,19,20)/t8-/m0/s1. The van der Waals surface area contributed by atoms with E-state index in [9.17, 15) is 9.18 Å². The van der Waals surface area contributed by atoms with Crippen LogP contribution in [0.2, 0.25) is 10.0 Å². The van der Waals surface area contributed by atoms with E-state index in [2.05, 4.69) is 10.3 Å². The minimum absolute atomic E-state index is 0.0537. The van der Waals surface area contributed by atoms with Gasteiger partial charge >= 0.3 is 0 Å². The molecule has 1 aromatic heterocycles. The summed E-state index contributed by atoms with van der Waals surface area (Å²) in [7, 11) is 0. The molecule has 2 aromatic rings. The number of hydrogen-bond donors (Lipinski definition) is 1. The summed E-state index contributed by atoms with van der Waals surface area (Å²) in [6.07, 6.45) is 1.52. The maximum Gasteiger partial charge on any atom is 0.270 e. The van der Waals surface area contributed by atoms with Crippen LogP contribution in [0, 0.1) is 5.82 Å². The molecule has 2 rings (SSSR count). The molecule has 0 bridgehead atoms. The highest BCUT2D eigenvalue weighted by Crippen LogP contribution is 2.28. The third-order valence-electron chi connectivity index (χ3n) is 2.75. The van der Waals surface area contributed by atoms with E-state index in [4.69, 9.17) is 23.2 Å². The molecule has 104 valence electrons. The summed E-state index contributed by atoms with van der Waals surface area (Å²) >= 11 is 11.6. The molecule has 20 heavy (non-hydrogen) atoms. The smallest absolute Gasteiger partial charge is 0.270 e. The second kappa shape index (κ2) is 6.20. The van der Waals surface area contributed by atoms with Gasteiger partial charge in [-0.3, -0.25) is 9.78 Å². The van der Waals surface area contributed by atoms with Gasteiger partial charge < -0.3 is 5.32 Å². The number of aromatic nitrogens is 1. The lowest BCUT2D eigenvalue weighted by atomic mass is 10.1. The first kappa shape index (κ1) is 14.8. The molecule has 1 heterocycles. The lowest BCUT2D eigenvalue weighted by Gasteiger charge is -2.16. The first-order valence-corrected chi connectivity index (χ1v) is 6.61. The number of hydrogen-bond acceptors (Lipinski definition) is 2. The van der Waals surface area contributed by atoms with Gasteiger partial charge in [0, 0.05) is 11.2 Å². The summed E-state index contributed by atoms with van der Waals surface area (Å²) in [6, 6.07) is 7.08. The van der Waals surface area contributed by atoms with Crippen molar-refractivity contribution in [2.75, 3.05) is 0 Å². The average Bonchev–Trinajstić information content (AvgIpc) is 2.43. The molecule has 0 saturated carbocycles. The fraction of sp³-hybridized carbons (Fsp3) is 0.143. The van der Waals surface area contributed by atoms with Crippen LogP contribution in [0.3, 0.4) is 0 Å². The predicted octanol–water partition coefficient (Wildman–Crippen LogP) is 4.02. The minimum atomic E-state index is -0.579. The van der Waals surface area contributed by atoms with Gasteiger partial charge in [-0.2, -0.15) is 0 Å². The fourth-order valence-electron chi connectivity index (χ4n) is 1.72. The molecule has 0 spiro atoms. The van der Waals surface area contributed by atoms with Gasteiger partial charge in [-0.25, -0.2) is 4.39 Å². The number of rotatable bonds is 3. The highest BCUT2D eigenvalue weighted by molar-refractivity contribution is 6.35. The number of amides is 1. The lowest BCUT2D eigenvalue weighted by molar-refractivity contribution is 0.0935. The van der Waals surface area contributed by atoms with Crippen LogP contribution < -0.4 is 5.32 Å². The zero-order valence-electron chi connectivity index (χ0n) is 10.5. The van der Waals surface area contributed by atoms with Crippen molar-refractivity contribution in [2.45, 2.75) is 13.0 Å². The van der Waals surface area contributed by atoms with Crippen molar-refractivity contribution in [1.82, 2.24) is 10.3 Å². The summed E-state index contributed by atoms with van der Waals surface area (Å²) in [5, 5.41) is 2.95. The van der Waals surface area contributed by atoms with Crippen LogP contribution in [0.4, 0.5) is 4.39 Å². The number of pyridine rings is 1. The number of carbonyl (C=O) groups is 1. The second-order valence-corrected chi connectivity index (χ2v) is 5.01. The molecule has 1 N–H and O–H groups in total. The Morgan fingerprint density at radius 3 is 2.70 bits per heavy atom. The Balaban J connectivity index is 2.19. The Morgan fingerprint density at radius 1 is 1.30 bits per heavy atom. The summed E-state index contributed by atoms with van der Waals surface area (Å²) in [5.41, 5.74) is 0.739. The molecule has 0 aliphatic heterocycles. The first-order chi connectivity index (χ1) is 9.49. The number of nitrogens with zero attached hydrogens (tertiary/aromatic N) is 1. The van der Waals surface area contributed by atoms with Crippen molar-refractivity contribution in [1.29, 1.82) is 0 Å². The number of halogens is 3. The van der Waals surface area contributed by atoms with Crippen LogP contribution in [0.15, 0.2) is 36.5 Å². The van der Waals surface area contributed by atoms with E-state index in [1.807, 2.05) is 0 Å². The van der Waals surface area contributed by atoms with Gasteiger partial charge in [0.2, 0.25) is 0 Å². The van der Waals surface area contributed by atoms with Crippen LogP contribution in [0.5, 0.6) is 0 Å². The van der Waals surface area contributed by atoms with Gasteiger partial charge in [-0.15, -0.1) is 0 Å². The van der Waals surface area contributed by atoms with Gasteiger partial charge in [-0.1, -0.05) is 29.3 Å². The Morgan fingerprint density at radius 2 is 2.05 bits per heavy atom. The normalized spacial score (nSPS) is 12.0. The quantitative estimate of drug-likeness (QED) is 0.870. The van der Waals surface area contributed by atoms with Crippen LogP contribution in [-0.4, -0.2) is 10.9 Å². The van der Waals surface area contributed by atoms with Gasteiger partial charge in [0.05, 0.1) is 11.1 Å². The molecular weight excluding hydrogens is 302 g/mol. The maximum absolute atomic E-state index is 13.5. The van der Waals surface area contributed by atoms with Crippen molar-refractivity contribution >= 4 is 29.1 Å². The minimum Gasteiger partial charge on any atom is -0.344 e. The molecule has 1 aromatic carbocycles. The zero-order valence-corrected chi connectivity index (χ0v) is 12.0. The molecule has 0 fully saturated rings. The monoisotopic (exact) mass is 312 g/mol. The van der Waals surface area contributed by atoms with E-state index < -0.39 is 11.9 Å². The van der Waals surface area contributed by atoms with E-state index in [-0.39, 0.29) is 16.6 Å². The SMILES string of the molecule is C[C@H](NC(=O)c1ccccn1)c1cc(F)c(Cl)cc1Cl. The van der Waals surface area contributed by atoms with Crippen LogP contribution in [-0.2, 0) is 0 Å². The average molecular weight is 313 g/mol. The molecular formula is C14H11Cl2FN2O. The maximum atomic E-state index is 13.5.